The van der Waals surface area contributed by atoms with Crippen LogP contribution in [-0.4, -0.2) is 4.98 Å². The third-order valence-corrected chi connectivity index (χ3v) is 2.52. The second-order valence-corrected chi connectivity index (χ2v) is 3.85. The molecule has 0 aliphatic carbocycles. The smallest absolute Gasteiger partial charge is 0.278 e. The number of thiazole rings is 1. The zero-order valence-electron chi connectivity index (χ0n) is 7.11. The molecule has 0 saturated carbocycles. The lowest BCUT2D eigenvalue weighted by atomic mass is 10.3. The van der Waals surface area contributed by atoms with E-state index in [9.17, 15) is 0 Å². The summed E-state index contributed by atoms with van der Waals surface area (Å²) in [5.74, 6) is 0.529. The molecule has 0 atom stereocenters. The highest BCUT2D eigenvalue weighted by atomic mass is 35.5. The van der Waals surface area contributed by atoms with Gasteiger partial charge in [-0.1, -0.05) is 22.9 Å². The van der Waals surface area contributed by atoms with Gasteiger partial charge in [-0.05, 0) is 12.1 Å². The van der Waals surface area contributed by atoms with E-state index in [2.05, 4.69) is 4.98 Å². The van der Waals surface area contributed by atoms with Gasteiger partial charge in [0.05, 0.1) is 5.02 Å². The molecule has 14 heavy (non-hydrogen) atoms. The van der Waals surface area contributed by atoms with E-state index in [0.717, 1.165) is 0 Å². The predicted molar refractivity (Wildman–Crippen MR) is 58.1 cm³/mol. The van der Waals surface area contributed by atoms with Crippen LogP contribution in [0.3, 0.4) is 0 Å². The van der Waals surface area contributed by atoms with Crippen LogP contribution in [0.5, 0.6) is 10.9 Å². The van der Waals surface area contributed by atoms with E-state index in [-0.39, 0.29) is 0 Å². The number of aromatic nitrogens is 1. The summed E-state index contributed by atoms with van der Waals surface area (Å²) >= 11 is 7.31. The highest BCUT2D eigenvalue weighted by molar-refractivity contribution is 7.11. The van der Waals surface area contributed by atoms with E-state index in [0.29, 0.717) is 21.7 Å². The fraction of sp³-hybridized carbons (Fsp3) is 0. The van der Waals surface area contributed by atoms with Crippen LogP contribution in [-0.2, 0) is 0 Å². The zero-order valence-corrected chi connectivity index (χ0v) is 8.68. The molecule has 3 nitrogen and oxygen atoms in total. The van der Waals surface area contributed by atoms with Crippen LogP contribution in [0.1, 0.15) is 0 Å². The number of hydrogen-bond donors (Lipinski definition) is 1. The molecule has 2 rings (SSSR count). The fourth-order valence-electron chi connectivity index (χ4n) is 0.953. The van der Waals surface area contributed by atoms with Gasteiger partial charge in [-0.2, -0.15) is 0 Å². The van der Waals surface area contributed by atoms with Gasteiger partial charge in [0.1, 0.15) is 0 Å². The molecule has 0 aliphatic rings. The van der Waals surface area contributed by atoms with Gasteiger partial charge >= 0.3 is 0 Å². The molecule has 0 spiro atoms. The molecule has 0 radical (unpaired) electrons. The molecule has 1 aromatic heterocycles. The van der Waals surface area contributed by atoms with Crippen LogP contribution in [0.25, 0.3) is 0 Å². The number of anilines is 1. The van der Waals surface area contributed by atoms with Gasteiger partial charge in [0.25, 0.3) is 5.19 Å². The molecular formula is C9H7ClN2OS. The maximum atomic E-state index is 5.91. The van der Waals surface area contributed by atoms with Crippen molar-refractivity contribution < 1.29 is 4.74 Å². The number of nitrogens with zero attached hydrogens (tertiary/aromatic N) is 1. The maximum absolute atomic E-state index is 5.91. The molecule has 72 valence electrons. The van der Waals surface area contributed by atoms with E-state index in [1.807, 2.05) is 5.38 Å². The number of ether oxygens (including phenoxy) is 1. The van der Waals surface area contributed by atoms with Crippen LogP contribution in [0.15, 0.2) is 29.8 Å². The Balaban J connectivity index is 2.28. The maximum Gasteiger partial charge on any atom is 0.278 e. The summed E-state index contributed by atoms with van der Waals surface area (Å²) in [4.78, 5) is 3.98. The number of nitrogen functional groups attached to an aromatic ring is 1. The first-order valence-corrected chi connectivity index (χ1v) is 5.14. The normalized spacial score (nSPS) is 10.1. The lowest BCUT2D eigenvalue weighted by Gasteiger charge is -2.04. The molecule has 2 N–H and O–H groups in total. The molecule has 1 aromatic carbocycles. The molecule has 0 bridgehead atoms. The van der Waals surface area contributed by atoms with E-state index >= 15 is 0 Å². The van der Waals surface area contributed by atoms with Crippen LogP contribution >= 0.6 is 22.9 Å². The SMILES string of the molecule is Nc1ccc(Cl)c(Oc2nccs2)c1. The molecule has 2 aromatic rings. The summed E-state index contributed by atoms with van der Waals surface area (Å²) in [6.07, 6.45) is 1.67. The summed E-state index contributed by atoms with van der Waals surface area (Å²) in [7, 11) is 0. The number of rotatable bonds is 2. The first-order valence-electron chi connectivity index (χ1n) is 3.88. The highest BCUT2D eigenvalue weighted by Gasteiger charge is 2.04. The van der Waals surface area contributed by atoms with Crippen molar-refractivity contribution in [3.05, 3.63) is 34.8 Å². The topological polar surface area (TPSA) is 48.1 Å². The highest BCUT2D eigenvalue weighted by Crippen LogP contribution is 2.31. The third-order valence-electron chi connectivity index (χ3n) is 1.56. The molecule has 0 saturated heterocycles. The van der Waals surface area contributed by atoms with Crippen molar-refractivity contribution in [2.75, 3.05) is 5.73 Å². The van der Waals surface area contributed by atoms with E-state index in [1.54, 1.807) is 24.4 Å². The third kappa shape index (κ3) is 1.97. The Labute approximate surface area is 90.1 Å². The van der Waals surface area contributed by atoms with Crippen molar-refractivity contribution >= 4 is 28.6 Å². The summed E-state index contributed by atoms with van der Waals surface area (Å²) < 4.78 is 5.43. The Morgan fingerprint density at radius 3 is 3.00 bits per heavy atom. The largest absolute Gasteiger partial charge is 0.429 e. The minimum Gasteiger partial charge on any atom is -0.429 e. The Morgan fingerprint density at radius 1 is 1.43 bits per heavy atom. The second kappa shape index (κ2) is 3.86. The lowest BCUT2D eigenvalue weighted by molar-refractivity contribution is 0.479. The quantitative estimate of drug-likeness (QED) is 0.801. The first-order chi connectivity index (χ1) is 6.75. The van der Waals surface area contributed by atoms with Crippen molar-refractivity contribution in [1.29, 1.82) is 0 Å². The summed E-state index contributed by atoms with van der Waals surface area (Å²) in [6.45, 7) is 0. The number of nitrogens with two attached hydrogens (primary N) is 1. The number of benzene rings is 1. The van der Waals surface area contributed by atoms with E-state index in [4.69, 9.17) is 22.1 Å². The molecule has 0 amide bonds. The van der Waals surface area contributed by atoms with Gasteiger partial charge in [-0.15, -0.1) is 0 Å². The fourth-order valence-corrected chi connectivity index (χ4v) is 1.61. The van der Waals surface area contributed by atoms with Gasteiger partial charge in [0, 0.05) is 23.3 Å². The van der Waals surface area contributed by atoms with Gasteiger partial charge in [0.15, 0.2) is 5.75 Å². The van der Waals surface area contributed by atoms with Gasteiger partial charge in [-0.3, -0.25) is 0 Å². The average molecular weight is 227 g/mol. The Kier molecular flexibility index (Phi) is 2.56. The average Bonchev–Trinajstić information content (AvgIpc) is 2.64. The molecule has 0 fully saturated rings. The minimum atomic E-state index is 0.523. The molecule has 0 unspecified atom stereocenters. The Bertz CT molecular complexity index is 430. The predicted octanol–water partition coefficient (Wildman–Crippen LogP) is 3.17. The first kappa shape index (κ1) is 9.30. The Hall–Kier alpha value is -1.26. The number of halogens is 1. The Morgan fingerprint density at radius 2 is 2.29 bits per heavy atom. The summed E-state index contributed by atoms with van der Waals surface area (Å²) in [6, 6.07) is 5.08. The summed E-state index contributed by atoms with van der Waals surface area (Å²) in [5, 5.41) is 2.90. The van der Waals surface area contributed by atoms with Crippen molar-refractivity contribution in [3.63, 3.8) is 0 Å². The summed E-state index contributed by atoms with van der Waals surface area (Å²) in [5.41, 5.74) is 6.21. The van der Waals surface area contributed by atoms with Crippen LogP contribution < -0.4 is 10.5 Å². The van der Waals surface area contributed by atoms with Crippen LogP contribution in [0.2, 0.25) is 5.02 Å². The number of hydrogen-bond acceptors (Lipinski definition) is 4. The zero-order chi connectivity index (χ0) is 9.97. The lowest BCUT2D eigenvalue weighted by Crippen LogP contribution is -1.88. The monoisotopic (exact) mass is 226 g/mol. The van der Waals surface area contributed by atoms with Gasteiger partial charge in [-0.25, -0.2) is 4.98 Å². The van der Waals surface area contributed by atoms with Crippen molar-refractivity contribution in [2.45, 2.75) is 0 Å². The standard InChI is InChI=1S/C9H7ClN2OS/c10-7-2-1-6(11)5-8(7)13-9-12-3-4-14-9/h1-5H,11H2. The minimum absolute atomic E-state index is 0.523. The van der Waals surface area contributed by atoms with Crippen molar-refractivity contribution in [3.8, 4) is 10.9 Å². The van der Waals surface area contributed by atoms with E-state index in [1.165, 1.54) is 11.3 Å². The van der Waals surface area contributed by atoms with E-state index < -0.39 is 0 Å². The van der Waals surface area contributed by atoms with Gasteiger partial charge in [0.2, 0.25) is 0 Å². The molecular weight excluding hydrogens is 220 g/mol. The van der Waals surface area contributed by atoms with Gasteiger partial charge < -0.3 is 10.5 Å². The molecule has 0 aliphatic heterocycles. The van der Waals surface area contributed by atoms with Crippen LogP contribution in [0, 0.1) is 0 Å². The molecule has 1 heterocycles. The molecule has 5 heteroatoms. The second-order valence-electron chi connectivity index (χ2n) is 2.59. The van der Waals surface area contributed by atoms with Crippen molar-refractivity contribution in [1.82, 2.24) is 4.98 Å². The van der Waals surface area contributed by atoms with Crippen LogP contribution in [0.4, 0.5) is 5.69 Å². The van der Waals surface area contributed by atoms with Crippen molar-refractivity contribution in [2.24, 2.45) is 0 Å².